The van der Waals surface area contributed by atoms with Gasteiger partial charge in [0.05, 0.1) is 17.1 Å². The lowest BCUT2D eigenvalue weighted by molar-refractivity contribution is 0.627. The molecule has 0 spiro atoms. The van der Waals surface area contributed by atoms with Gasteiger partial charge in [0.25, 0.3) is 0 Å². The lowest BCUT2D eigenvalue weighted by Gasteiger charge is -2.11. The molecule has 0 amide bonds. The number of aryl methyl sites for hydroxylation is 2. The second kappa shape index (κ2) is 4.46. The van der Waals surface area contributed by atoms with Crippen LogP contribution < -0.4 is 11.1 Å². The molecular weight excluding hydrogens is 176 g/mol. The molecule has 1 rings (SSSR count). The number of aromatic nitrogens is 2. The highest BCUT2D eigenvalue weighted by molar-refractivity contribution is 5.51. The smallest absolute Gasteiger partial charge is 0.0827 e. The molecule has 4 nitrogen and oxygen atoms in total. The average molecular weight is 196 g/mol. The van der Waals surface area contributed by atoms with Crippen molar-refractivity contribution in [3.8, 4) is 0 Å². The van der Waals surface area contributed by atoms with E-state index < -0.39 is 0 Å². The Bertz CT molecular complexity index is 303. The van der Waals surface area contributed by atoms with E-state index in [1.54, 1.807) is 0 Å². The quantitative estimate of drug-likeness (QED) is 0.756. The Morgan fingerprint density at radius 1 is 1.50 bits per heavy atom. The summed E-state index contributed by atoms with van der Waals surface area (Å²) in [4.78, 5) is 0. The van der Waals surface area contributed by atoms with Crippen molar-refractivity contribution in [1.82, 2.24) is 9.78 Å². The van der Waals surface area contributed by atoms with E-state index >= 15 is 0 Å². The highest BCUT2D eigenvalue weighted by Gasteiger charge is 2.09. The van der Waals surface area contributed by atoms with Gasteiger partial charge in [0.1, 0.15) is 0 Å². The maximum absolute atomic E-state index is 5.56. The van der Waals surface area contributed by atoms with Crippen LogP contribution in [0, 0.1) is 19.8 Å². The fourth-order valence-corrected chi connectivity index (χ4v) is 1.39. The predicted molar refractivity (Wildman–Crippen MR) is 59.4 cm³/mol. The molecule has 1 unspecified atom stereocenters. The minimum atomic E-state index is 0.494. The molecule has 0 radical (unpaired) electrons. The summed E-state index contributed by atoms with van der Waals surface area (Å²) < 4.78 is 1.89. The minimum Gasteiger partial charge on any atom is -0.382 e. The van der Waals surface area contributed by atoms with Gasteiger partial charge in [0, 0.05) is 13.6 Å². The number of anilines is 1. The van der Waals surface area contributed by atoms with Crippen LogP contribution in [0.25, 0.3) is 0 Å². The summed E-state index contributed by atoms with van der Waals surface area (Å²) in [7, 11) is 1.96. The zero-order valence-electron chi connectivity index (χ0n) is 9.46. The first-order valence-electron chi connectivity index (χ1n) is 5.00. The van der Waals surface area contributed by atoms with Crippen molar-refractivity contribution in [1.29, 1.82) is 0 Å². The first kappa shape index (κ1) is 11.0. The van der Waals surface area contributed by atoms with Crippen LogP contribution in [0.5, 0.6) is 0 Å². The monoisotopic (exact) mass is 196 g/mol. The summed E-state index contributed by atoms with van der Waals surface area (Å²) in [5.74, 6) is 0.494. The number of hydrogen-bond acceptors (Lipinski definition) is 3. The Balaban J connectivity index is 2.67. The van der Waals surface area contributed by atoms with Gasteiger partial charge in [-0.3, -0.25) is 4.68 Å². The molecule has 1 aromatic rings. The second-order valence-electron chi connectivity index (χ2n) is 3.89. The number of nitrogens with one attached hydrogen (secondary N) is 1. The SMILES string of the molecule is Cc1nn(C)c(C)c1NCC(C)CN. The summed E-state index contributed by atoms with van der Waals surface area (Å²) in [5.41, 5.74) is 8.93. The fourth-order valence-electron chi connectivity index (χ4n) is 1.39. The molecule has 0 saturated heterocycles. The molecule has 3 N–H and O–H groups in total. The minimum absolute atomic E-state index is 0.494. The first-order valence-corrected chi connectivity index (χ1v) is 5.00. The van der Waals surface area contributed by atoms with E-state index in [9.17, 15) is 0 Å². The molecule has 14 heavy (non-hydrogen) atoms. The van der Waals surface area contributed by atoms with Crippen LogP contribution in [0.4, 0.5) is 5.69 Å². The third-order valence-corrected chi connectivity index (χ3v) is 2.54. The maximum Gasteiger partial charge on any atom is 0.0827 e. The molecule has 0 fully saturated rings. The Morgan fingerprint density at radius 2 is 2.14 bits per heavy atom. The molecule has 0 aliphatic rings. The van der Waals surface area contributed by atoms with Crippen molar-refractivity contribution in [3.05, 3.63) is 11.4 Å². The van der Waals surface area contributed by atoms with E-state index in [0.29, 0.717) is 12.5 Å². The summed E-state index contributed by atoms with van der Waals surface area (Å²) in [6, 6.07) is 0. The highest BCUT2D eigenvalue weighted by atomic mass is 15.3. The van der Waals surface area contributed by atoms with E-state index in [2.05, 4.69) is 24.3 Å². The molecule has 80 valence electrons. The number of nitrogens with two attached hydrogens (primary N) is 1. The molecule has 0 aromatic carbocycles. The summed E-state index contributed by atoms with van der Waals surface area (Å²) in [6.45, 7) is 7.83. The Morgan fingerprint density at radius 3 is 2.57 bits per heavy atom. The van der Waals surface area contributed by atoms with E-state index in [4.69, 9.17) is 5.73 Å². The van der Waals surface area contributed by atoms with Crippen LogP contribution in [-0.2, 0) is 7.05 Å². The van der Waals surface area contributed by atoms with Crippen LogP contribution >= 0.6 is 0 Å². The van der Waals surface area contributed by atoms with Crippen molar-refractivity contribution in [2.45, 2.75) is 20.8 Å². The van der Waals surface area contributed by atoms with Crippen LogP contribution in [-0.4, -0.2) is 22.9 Å². The van der Waals surface area contributed by atoms with Crippen LogP contribution in [0.3, 0.4) is 0 Å². The maximum atomic E-state index is 5.56. The van der Waals surface area contributed by atoms with E-state index in [0.717, 1.165) is 17.9 Å². The van der Waals surface area contributed by atoms with Gasteiger partial charge in [0.15, 0.2) is 0 Å². The zero-order chi connectivity index (χ0) is 10.7. The van der Waals surface area contributed by atoms with E-state index in [-0.39, 0.29) is 0 Å². The Kier molecular flexibility index (Phi) is 3.52. The van der Waals surface area contributed by atoms with Crippen molar-refractivity contribution in [3.63, 3.8) is 0 Å². The largest absolute Gasteiger partial charge is 0.382 e. The molecule has 4 heteroatoms. The van der Waals surface area contributed by atoms with Crippen molar-refractivity contribution in [2.75, 3.05) is 18.4 Å². The molecule has 0 saturated carbocycles. The number of hydrogen-bond donors (Lipinski definition) is 2. The van der Waals surface area contributed by atoms with Crippen molar-refractivity contribution < 1.29 is 0 Å². The molecule has 1 heterocycles. The van der Waals surface area contributed by atoms with Crippen LogP contribution in [0.2, 0.25) is 0 Å². The number of rotatable bonds is 4. The molecule has 1 atom stereocenters. The molecule has 0 bridgehead atoms. The van der Waals surface area contributed by atoms with Gasteiger partial charge >= 0.3 is 0 Å². The molecule has 1 aromatic heterocycles. The van der Waals surface area contributed by atoms with Crippen LogP contribution in [0.15, 0.2) is 0 Å². The van der Waals surface area contributed by atoms with Gasteiger partial charge in [-0.1, -0.05) is 6.92 Å². The van der Waals surface area contributed by atoms with Gasteiger partial charge in [-0.05, 0) is 26.3 Å². The van der Waals surface area contributed by atoms with Gasteiger partial charge in [-0.15, -0.1) is 0 Å². The zero-order valence-corrected chi connectivity index (χ0v) is 9.46. The molecule has 0 aliphatic heterocycles. The summed E-state index contributed by atoms with van der Waals surface area (Å²) >= 11 is 0. The predicted octanol–water partition coefficient (Wildman–Crippen LogP) is 1.04. The normalized spacial score (nSPS) is 12.9. The molecule has 0 aliphatic carbocycles. The lowest BCUT2D eigenvalue weighted by Crippen LogP contribution is -2.20. The second-order valence-corrected chi connectivity index (χ2v) is 3.89. The van der Waals surface area contributed by atoms with Gasteiger partial charge < -0.3 is 11.1 Å². The van der Waals surface area contributed by atoms with Crippen molar-refractivity contribution >= 4 is 5.69 Å². The third kappa shape index (κ3) is 2.26. The van der Waals surface area contributed by atoms with Crippen molar-refractivity contribution in [2.24, 2.45) is 18.7 Å². The van der Waals surface area contributed by atoms with Gasteiger partial charge in [0.2, 0.25) is 0 Å². The van der Waals surface area contributed by atoms with Gasteiger partial charge in [-0.25, -0.2) is 0 Å². The third-order valence-electron chi connectivity index (χ3n) is 2.54. The Hall–Kier alpha value is -1.03. The van der Waals surface area contributed by atoms with Crippen LogP contribution in [0.1, 0.15) is 18.3 Å². The summed E-state index contributed by atoms with van der Waals surface area (Å²) in [5, 5.41) is 7.73. The lowest BCUT2D eigenvalue weighted by atomic mass is 10.2. The summed E-state index contributed by atoms with van der Waals surface area (Å²) in [6.07, 6.45) is 0. The standard InChI is InChI=1S/C10H20N4/c1-7(5-11)6-12-10-8(2)13-14(4)9(10)3/h7,12H,5-6,11H2,1-4H3. The average Bonchev–Trinajstić information content (AvgIpc) is 2.39. The fraction of sp³-hybridized carbons (Fsp3) is 0.700. The molecular formula is C10H20N4. The number of nitrogens with zero attached hydrogens (tertiary/aromatic N) is 2. The topological polar surface area (TPSA) is 55.9 Å². The van der Waals surface area contributed by atoms with E-state index in [1.807, 2.05) is 18.7 Å². The van der Waals surface area contributed by atoms with Gasteiger partial charge in [-0.2, -0.15) is 5.10 Å². The highest BCUT2D eigenvalue weighted by Crippen LogP contribution is 2.18. The van der Waals surface area contributed by atoms with E-state index in [1.165, 1.54) is 5.69 Å². The Labute approximate surface area is 85.5 Å². The first-order chi connectivity index (χ1) is 6.56.